The Labute approximate surface area is 157 Å². The van der Waals surface area contributed by atoms with Gasteiger partial charge >= 0.3 is 0 Å². The number of aliphatic hydroxyl groups is 1. The van der Waals surface area contributed by atoms with E-state index in [0.29, 0.717) is 5.92 Å². The van der Waals surface area contributed by atoms with E-state index in [2.05, 4.69) is 63.5 Å². The van der Waals surface area contributed by atoms with Gasteiger partial charge in [0.1, 0.15) is 0 Å². The van der Waals surface area contributed by atoms with Crippen LogP contribution in [0.4, 0.5) is 0 Å². The van der Waals surface area contributed by atoms with E-state index in [-0.39, 0.29) is 6.61 Å². The van der Waals surface area contributed by atoms with Crippen molar-refractivity contribution in [1.29, 1.82) is 0 Å². The summed E-state index contributed by atoms with van der Waals surface area (Å²) in [7, 11) is 1.50. The lowest BCUT2D eigenvalue weighted by Gasteiger charge is -2.14. The van der Waals surface area contributed by atoms with Crippen LogP contribution in [-0.2, 0) is 13.0 Å². The highest BCUT2D eigenvalue weighted by atomic mass is 16.3. The van der Waals surface area contributed by atoms with Gasteiger partial charge in [-0.3, -0.25) is 0 Å². The summed E-state index contributed by atoms with van der Waals surface area (Å²) in [5.41, 5.74) is 8.14. The first-order chi connectivity index (χ1) is 12.1. The Hall–Kier alpha value is -2.00. The summed E-state index contributed by atoms with van der Waals surface area (Å²) >= 11 is 0. The van der Waals surface area contributed by atoms with Gasteiger partial charge in [0.2, 0.25) is 0 Å². The van der Waals surface area contributed by atoms with Gasteiger partial charge in [-0.1, -0.05) is 70.5 Å². The van der Waals surface area contributed by atoms with Gasteiger partial charge in [0.25, 0.3) is 0 Å². The Morgan fingerprint density at radius 1 is 1.16 bits per heavy atom. The van der Waals surface area contributed by atoms with E-state index >= 15 is 0 Å². The van der Waals surface area contributed by atoms with E-state index in [9.17, 15) is 0 Å². The molecule has 0 radical (unpaired) electrons. The highest BCUT2D eigenvalue weighted by molar-refractivity contribution is 5.23. The van der Waals surface area contributed by atoms with Crippen LogP contribution in [0.3, 0.4) is 0 Å². The molecule has 0 bridgehead atoms. The average Bonchev–Trinajstić information content (AvgIpc) is 2.68. The van der Waals surface area contributed by atoms with Gasteiger partial charge in [0.15, 0.2) is 0 Å². The number of aliphatic hydroxyl groups excluding tert-OH is 1. The minimum absolute atomic E-state index is 0.123. The van der Waals surface area contributed by atoms with Crippen LogP contribution >= 0.6 is 0 Å². The lowest BCUT2D eigenvalue weighted by Crippen LogP contribution is -2.02. The predicted octanol–water partition coefficient (Wildman–Crippen LogP) is 5.20. The summed E-state index contributed by atoms with van der Waals surface area (Å²) in [4.78, 5) is 0. The molecule has 0 spiro atoms. The molecule has 1 aromatic rings. The molecule has 2 nitrogen and oxygen atoms in total. The summed E-state index contributed by atoms with van der Waals surface area (Å²) in [6.07, 6.45) is 15.9. The lowest BCUT2D eigenvalue weighted by atomic mass is 9.92. The van der Waals surface area contributed by atoms with Crippen molar-refractivity contribution >= 4 is 0 Å². The Balaban J connectivity index is -0.000000210. The first-order valence-electron chi connectivity index (χ1n) is 8.73. The molecule has 0 amide bonds. The summed E-state index contributed by atoms with van der Waals surface area (Å²) in [6, 6.07) is 8.18. The van der Waals surface area contributed by atoms with Crippen molar-refractivity contribution in [1.82, 2.24) is 0 Å². The van der Waals surface area contributed by atoms with Gasteiger partial charge in [0.05, 0.1) is 6.61 Å². The Bertz CT molecular complexity index is 437. The zero-order chi connectivity index (χ0) is 20.7. The molecule has 0 aromatic heterocycles. The second kappa shape index (κ2) is 26.9. The number of hydrogen-bond donors (Lipinski definition) is 2. The minimum Gasteiger partial charge on any atom is -0.392 e. The van der Waals surface area contributed by atoms with E-state index in [1.165, 1.54) is 24.6 Å². The lowest BCUT2D eigenvalue weighted by molar-refractivity contribution is 0.282. The third-order valence-corrected chi connectivity index (χ3v) is 3.02. The molecule has 25 heavy (non-hydrogen) atoms. The molecule has 142 valence electrons. The highest BCUT2D eigenvalue weighted by Crippen LogP contribution is 2.19. The normalized spacial score (nSPS) is 8.84. The van der Waals surface area contributed by atoms with Gasteiger partial charge in [0, 0.05) is 0 Å². The number of allylic oxidation sites excluding steroid dienone is 1. The van der Waals surface area contributed by atoms with E-state index in [1.54, 1.807) is 6.92 Å². The standard InChI is InChI=1S/C15H22O.C3H4.C2H6.C2H2.CH5N/c1-4-5-12(2)13(3)10-14-6-8-15(11-16)9-7-14;1-3-2;3*1-2/h6-9,13,16H,2,4-5,10-11H2,1,3H3;1H,2H3;1-2H3;1-2H;2H2,1H3. The smallest absolute Gasteiger partial charge is 0.0681 e. The third-order valence-electron chi connectivity index (χ3n) is 3.02. The van der Waals surface area contributed by atoms with Crippen LogP contribution in [0, 0.1) is 31.1 Å². The summed E-state index contributed by atoms with van der Waals surface area (Å²) < 4.78 is 0. The van der Waals surface area contributed by atoms with Crippen molar-refractivity contribution in [2.24, 2.45) is 11.7 Å². The average molecular weight is 346 g/mol. The van der Waals surface area contributed by atoms with Crippen LogP contribution in [-0.4, -0.2) is 12.2 Å². The summed E-state index contributed by atoms with van der Waals surface area (Å²) in [5, 5.41) is 8.95. The molecule has 1 unspecified atom stereocenters. The fourth-order valence-electron chi connectivity index (χ4n) is 1.85. The van der Waals surface area contributed by atoms with Crippen molar-refractivity contribution in [2.45, 2.75) is 60.5 Å². The molecule has 0 aliphatic carbocycles. The predicted molar refractivity (Wildman–Crippen MR) is 115 cm³/mol. The van der Waals surface area contributed by atoms with Crippen molar-refractivity contribution in [3.8, 4) is 25.2 Å². The van der Waals surface area contributed by atoms with Crippen molar-refractivity contribution < 1.29 is 5.11 Å². The minimum atomic E-state index is 0.123. The van der Waals surface area contributed by atoms with Gasteiger partial charge < -0.3 is 10.8 Å². The van der Waals surface area contributed by atoms with E-state index in [1.807, 2.05) is 26.0 Å². The monoisotopic (exact) mass is 345 g/mol. The maximum Gasteiger partial charge on any atom is 0.0681 e. The molecular formula is C23H39NO. The molecule has 1 aromatic carbocycles. The summed E-state index contributed by atoms with van der Waals surface area (Å²) in [6.45, 7) is 14.3. The molecule has 2 heteroatoms. The van der Waals surface area contributed by atoms with Crippen molar-refractivity contribution in [3.05, 3.63) is 47.5 Å². The van der Waals surface area contributed by atoms with E-state index in [0.717, 1.165) is 18.4 Å². The fraction of sp³-hybridized carbons (Fsp3) is 0.478. The zero-order valence-corrected chi connectivity index (χ0v) is 17.2. The molecule has 0 aliphatic heterocycles. The Morgan fingerprint density at radius 3 is 1.84 bits per heavy atom. The van der Waals surface area contributed by atoms with Crippen LogP contribution in [0.5, 0.6) is 0 Å². The molecule has 0 saturated carbocycles. The highest BCUT2D eigenvalue weighted by Gasteiger charge is 2.06. The number of hydrogen-bond acceptors (Lipinski definition) is 2. The zero-order valence-electron chi connectivity index (χ0n) is 17.2. The molecule has 0 heterocycles. The van der Waals surface area contributed by atoms with Gasteiger partial charge in [-0.15, -0.1) is 25.2 Å². The van der Waals surface area contributed by atoms with Crippen LogP contribution in [0.15, 0.2) is 36.4 Å². The Morgan fingerprint density at radius 2 is 1.52 bits per heavy atom. The SMILES string of the molecule is C#C.C#CC.C=C(CCC)C(C)Cc1ccc(CO)cc1.CC.CN. The largest absolute Gasteiger partial charge is 0.392 e. The van der Waals surface area contributed by atoms with Crippen LogP contribution < -0.4 is 5.73 Å². The van der Waals surface area contributed by atoms with Crippen LogP contribution in [0.1, 0.15) is 58.6 Å². The number of benzene rings is 1. The topological polar surface area (TPSA) is 46.2 Å². The molecule has 0 fully saturated rings. The maximum absolute atomic E-state index is 8.95. The molecular weight excluding hydrogens is 306 g/mol. The van der Waals surface area contributed by atoms with E-state index < -0.39 is 0 Å². The molecule has 0 aliphatic rings. The van der Waals surface area contributed by atoms with Gasteiger partial charge in [-0.2, -0.15) is 0 Å². The molecule has 1 rings (SSSR count). The van der Waals surface area contributed by atoms with Gasteiger partial charge in [-0.05, 0) is 43.9 Å². The number of rotatable bonds is 6. The maximum atomic E-state index is 8.95. The van der Waals surface area contributed by atoms with Gasteiger partial charge in [-0.25, -0.2) is 0 Å². The fourth-order valence-corrected chi connectivity index (χ4v) is 1.85. The summed E-state index contributed by atoms with van der Waals surface area (Å²) in [5.74, 6) is 2.79. The number of nitrogens with two attached hydrogens (primary N) is 1. The second-order valence-corrected chi connectivity index (χ2v) is 4.78. The quantitative estimate of drug-likeness (QED) is 0.549. The first-order valence-corrected chi connectivity index (χ1v) is 8.73. The Kier molecular flexibility index (Phi) is 33.1. The van der Waals surface area contributed by atoms with Crippen LogP contribution in [0.2, 0.25) is 0 Å². The van der Waals surface area contributed by atoms with Crippen LogP contribution in [0.25, 0.3) is 0 Å². The third kappa shape index (κ3) is 20.0. The second-order valence-electron chi connectivity index (χ2n) is 4.78. The van der Waals surface area contributed by atoms with E-state index in [4.69, 9.17) is 5.11 Å². The van der Waals surface area contributed by atoms with Crippen molar-refractivity contribution in [3.63, 3.8) is 0 Å². The molecule has 0 saturated heterocycles. The van der Waals surface area contributed by atoms with Crippen molar-refractivity contribution in [2.75, 3.05) is 7.05 Å². The first kappa shape index (κ1) is 30.8. The number of terminal acetylenes is 2. The molecule has 3 N–H and O–H groups in total. The molecule has 1 atom stereocenters.